The van der Waals surface area contributed by atoms with Crippen molar-refractivity contribution in [3.8, 4) is 0 Å². The predicted molar refractivity (Wildman–Crippen MR) is 74.6 cm³/mol. The van der Waals surface area contributed by atoms with Crippen molar-refractivity contribution < 1.29 is 23.9 Å². The summed E-state index contributed by atoms with van der Waals surface area (Å²) in [6, 6.07) is 3.19. The monoisotopic (exact) mass is 293 g/mol. The highest BCUT2D eigenvalue weighted by molar-refractivity contribution is 6.08. The van der Waals surface area contributed by atoms with Crippen molar-refractivity contribution >= 4 is 17.7 Å². The lowest BCUT2D eigenvalue weighted by atomic mass is 9.94. The Morgan fingerprint density at radius 3 is 2.48 bits per heavy atom. The molecule has 1 aromatic heterocycles. The average molecular weight is 293 g/mol. The quantitative estimate of drug-likeness (QED) is 0.413. The van der Waals surface area contributed by atoms with Gasteiger partial charge in [0.1, 0.15) is 5.92 Å². The number of aromatic nitrogens is 1. The van der Waals surface area contributed by atoms with Crippen molar-refractivity contribution in [2.45, 2.75) is 26.7 Å². The molecular formula is C15H19NO5. The molecule has 1 unspecified atom stereocenters. The minimum Gasteiger partial charge on any atom is -0.466 e. The van der Waals surface area contributed by atoms with E-state index in [0.29, 0.717) is 5.56 Å². The van der Waals surface area contributed by atoms with Crippen molar-refractivity contribution in [1.82, 2.24) is 4.98 Å². The van der Waals surface area contributed by atoms with E-state index in [0.717, 1.165) is 0 Å². The third-order valence-electron chi connectivity index (χ3n) is 2.78. The predicted octanol–water partition coefficient (Wildman–Crippen LogP) is 1.79. The van der Waals surface area contributed by atoms with Gasteiger partial charge in [-0.1, -0.05) is 0 Å². The first kappa shape index (κ1) is 16.8. The Morgan fingerprint density at radius 1 is 1.19 bits per heavy atom. The van der Waals surface area contributed by atoms with Crippen LogP contribution >= 0.6 is 0 Å². The Labute approximate surface area is 123 Å². The molecule has 1 rings (SSSR count). The number of hydrogen-bond acceptors (Lipinski definition) is 6. The molecule has 21 heavy (non-hydrogen) atoms. The summed E-state index contributed by atoms with van der Waals surface area (Å²) in [4.78, 5) is 39.5. The number of esters is 2. The molecule has 0 amide bonds. The Balaban J connectivity index is 2.79. The fraction of sp³-hybridized carbons (Fsp3) is 0.467. The average Bonchev–Trinajstić information content (AvgIpc) is 2.48. The molecule has 0 aliphatic carbocycles. The number of Topliss-reactive ketones (excluding diaryl/α,β-unsaturated/α-hetero) is 1. The third-order valence-corrected chi connectivity index (χ3v) is 2.78. The van der Waals surface area contributed by atoms with Gasteiger partial charge in [-0.25, -0.2) is 0 Å². The maximum absolute atomic E-state index is 12.3. The summed E-state index contributed by atoms with van der Waals surface area (Å²) in [6.07, 6.45) is 2.97. The zero-order chi connectivity index (χ0) is 15.7. The molecule has 0 aliphatic heterocycles. The number of carbonyl (C=O) groups excluding carboxylic acids is 3. The number of ketones is 1. The molecular weight excluding hydrogens is 274 g/mol. The van der Waals surface area contributed by atoms with Crippen molar-refractivity contribution in [3.63, 3.8) is 0 Å². The van der Waals surface area contributed by atoms with Crippen LogP contribution in [0.5, 0.6) is 0 Å². The second-order valence-electron chi connectivity index (χ2n) is 4.25. The van der Waals surface area contributed by atoms with E-state index in [1.165, 1.54) is 12.4 Å². The van der Waals surface area contributed by atoms with Crippen LogP contribution in [-0.2, 0) is 19.1 Å². The fourth-order valence-electron chi connectivity index (χ4n) is 1.80. The van der Waals surface area contributed by atoms with Gasteiger partial charge in [0.05, 0.1) is 13.2 Å². The Bertz CT molecular complexity index is 486. The first-order valence-corrected chi connectivity index (χ1v) is 6.86. The van der Waals surface area contributed by atoms with Gasteiger partial charge in [-0.05, 0) is 32.4 Å². The molecule has 1 atom stereocenters. The smallest absolute Gasteiger partial charge is 0.316 e. The first-order valence-electron chi connectivity index (χ1n) is 6.86. The molecule has 0 aromatic carbocycles. The van der Waals surface area contributed by atoms with E-state index < -0.39 is 23.6 Å². The molecule has 0 aliphatic rings. The Kier molecular flexibility index (Phi) is 7.08. The molecule has 1 aromatic rings. The highest BCUT2D eigenvalue weighted by Gasteiger charge is 2.29. The number of nitrogens with zero attached hydrogens (tertiary/aromatic N) is 1. The number of rotatable bonds is 8. The number of pyridine rings is 1. The molecule has 0 bridgehead atoms. The minimum absolute atomic E-state index is 0.0106. The number of hydrogen-bond donors (Lipinski definition) is 0. The van der Waals surface area contributed by atoms with Gasteiger partial charge in [-0.2, -0.15) is 0 Å². The van der Waals surface area contributed by atoms with Gasteiger partial charge in [0.25, 0.3) is 0 Å². The molecule has 0 saturated heterocycles. The molecule has 0 saturated carbocycles. The summed E-state index contributed by atoms with van der Waals surface area (Å²) in [6.45, 7) is 3.80. The van der Waals surface area contributed by atoms with Gasteiger partial charge in [0.2, 0.25) is 0 Å². The largest absolute Gasteiger partial charge is 0.466 e. The van der Waals surface area contributed by atoms with Gasteiger partial charge < -0.3 is 9.47 Å². The second-order valence-corrected chi connectivity index (χ2v) is 4.25. The fourth-order valence-corrected chi connectivity index (χ4v) is 1.80. The maximum Gasteiger partial charge on any atom is 0.316 e. The van der Waals surface area contributed by atoms with Crippen LogP contribution in [0.3, 0.4) is 0 Å². The Hall–Kier alpha value is -2.24. The van der Waals surface area contributed by atoms with Gasteiger partial charge in [0.15, 0.2) is 5.78 Å². The summed E-state index contributed by atoms with van der Waals surface area (Å²) >= 11 is 0. The van der Waals surface area contributed by atoms with Crippen molar-refractivity contribution in [2.24, 2.45) is 5.92 Å². The normalized spacial score (nSPS) is 11.5. The van der Waals surface area contributed by atoms with E-state index in [4.69, 9.17) is 9.47 Å². The summed E-state index contributed by atoms with van der Waals surface area (Å²) in [5.74, 6) is -2.48. The summed E-state index contributed by atoms with van der Waals surface area (Å²) in [5, 5.41) is 0. The molecule has 0 N–H and O–H groups in total. The van der Waals surface area contributed by atoms with Crippen LogP contribution in [0.4, 0.5) is 0 Å². The van der Waals surface area contributed by atoms with Crippen LogP contribution < -0.4 is 0 Å². The zero-order valence-corrected chi connectivity index (χ0v) is 12.2. The highest BCUT2D eigenvalue weighted by Crippen LogP contribution is 2.16. The van der Waals surface area contributed by atoms with Crippen LogP contribution in [0.2, 0.25) is 0 Å². The van der Waals surface area contributed by atoms with E-state index in [9.17, 15) is 14.4 Å². The zero-order valence-electron chi connectivity index (χ0n) is 12.2. The van der Waals surface area contributed by atoms with Gasteiger partial charge in [-0.15, -0.1) is 0 Å². The van der Waals surface area contributed by atoms with Crippen LogP contribution in [0.15, 0.2) is 24.5 Å². The van der Waals surface area contributed by atoms with E-state index in [2.05, 4.69) is 4.98 Å². The van der Waals surface area contributed by atoms with E-state index in [1.54, 1.807) is 26.0 Å². The summed E-state index contributed by atoms with van der Waals surface area (Å²) in [5.41, 5.74) is 0.319. The summed E-state index contributed by atoms with van der Waals surface area (Å²) < 4.78 is 9.71. The molecule has 114 valence electrons. The highest BCUT2D eigenvalue weighted by atomic mass is 16.5. The van der Waals surface area contributed by atoms with Gasteiger partial charge in [-0.3, -0.25) is 19.4 Å². The van der Waals surface area contributed by atoms with E-state index >= 15 is 0 Å². The lowest BCUT2D eigenvalue weighted by molar-refractivity contribution is -0.147. The lowest BCUT2D eigenvalue weighted by Gasteiger charge is -2.14. The van der Waals surface area contributed by atoms with Crippen molar-refractivity contribution in [2.75, 3.05) is 13.2 Å². The second kappa shape index (κ2) is 8.84. The standard InChI is InChI=1S/C15H19NO5/c1-3-20-13(17)8-7-12(15(19)21-4-2)14(18)11-6-5-9-16-10-11/h5-6,9-10,12H,3-4,7-8H2,1-2H3. The topological polar surface area (TPSA) is 82.6 Å². The Morgan fingerprint density at radius 2 is 1.90 bits per heavy atom. The summed E-state index contributed by atoms with van der Waals surface area (Å²) in [7, 11) is 0. The lowest BCUT2D eigenvalue weighted by Crippen LogP contribution is -2.27. The molecule has 6 nitrogen and oxygen atoms in total. The van der Waals surface area contributed by atoms with Crippen molar-refractivity contribution in [3.05, 3.63) is 30.1 Å². The first-order chi connectivity index (χ1) is 10.1. The van der Waals surface area contributed by atoms with Gasteiger partial charge in [0, 0.05) is 24.4 Å². The SMILES string of the molecule is CCOC(=O)CCC(C(=O)OCC)C(=O)c1cccnc1. The molecule has 0 fully saturated rings. The molecule has 0 radical (unpaired) electrons. The van der Waals surface area contributed by atoms with Crippen LogP contribution in [0.25, 0.3) is 0 Å². The van der Waals surface area contributed by atoms with Crippen molar-refractivity contribution in [1.29, 1.82) is 0 Å². The van der Waals surface area contributed by atoms with E-state index in [1.807, 2.05) is 0 Å². The van der Waals surface area contributed by atoms with Crippen LogP contribution in [0, 0.1) is 5.92 Å². The molecule has 6 heteroatoms. The molecule has 1 heterocycles. The van der Waals surface area contributed by atoms with Crippen LogP contribution in [-0.4, -0.2) is 35.9 Å². The minimum atomic E-state index is -1.02. The van der Waals surface area contributed by atoms with Gasteiger partial charge >= 0.3 is 11.9 Å². The maximum atomic E-state index is 12.3. The van der Waals surface area contributed by atoms with Crippen LogP contribution in [0.1, 0.15) is 37.0 Å². The number of carbonyl (C=O) groups is 3. The third kappa shape index (κ3) is 5.33. The number of ether oxygens (including phenoxy) is 2. The van der Waals surface area contributed by atoms with E-state index in [-0.39, 0.29) is 26.1 Å². The molecule has 0 spiro atoms.